The minimum absolute atomic E-state index is 0.140. The highest BCUT2D eigenvalue weighted by molar-refractivity contribution is 5.45. The van der Waals surface area contributed by atoms with Crippen LogP contribution in [0.5, 0.6) is 0 Å². The van der Waals surface area contributed by atoms with Gasteiger partial charge in [-0.3, -0.25) is 0 Å². The SMILES string of the molecule is CC1(C)CC1Nc1ncc(C(F)(F)F)c(N)n1. The molecule has 1 aliphatic rings. The van der Waals surface area contributed by atoms with Crippen molar-refractivity contribution in [2.45, 2.75) is 32.5 Å². The molecule has 1 atom stereocenters. The van der Waals surface area contributed by atoms with E-state index in [2.05, 4.69) is 29.1 Å². The summed E-state index contributed by atoms with van der Waals surface area (Å²) in [5.41, 5.74) is 4.40. The number of rotatable bonds is 2. The summed E-state index contributed by atoms with van der Waals surface area (Å²) in [6.07, 6.45) is -2.86. The van der Waals surface area contributed by atoms with Gasteiger partial charge in [-0.1, -0.05) is 13.8 Å². The first-order chi connectivity index (χ1) is 7.70. The Bertz CT molecular complexity index is 442. The van der Waals surface area contributed by atoms with E-state index in [9.17, 15) is 13.2 Å². The minimum Gasteiger partial charge on any atom is -0.383 e. The topological polar surface area (TPSA) is 63.8 Å². The van der Waals surface area contributed by atoms with Crippen LogP contribution in [0.15, 0.2) is 6.20 Å². The van der Waals surface area contributed by atoms with Gasteiger partial charge in [0.15, 0.2) is 0 Å². The molecule has 0 bridgehead atoms. The van der Waals surface area contributed by atoms with Crippen molar-refractivity contribution in [3.63, 3.8) is 0 Å². The summed E-state index contributed by atoms with van der Waals surface area (Å²) in [6.45, 7) is 4.11. The Morgan fingerprint density at radius 2 is 2.06 bits per heavy atom. The quantitative estimate of drug-likeness (QED) is 0.840. The fraction of sp³-hybridized carbons (Fsp3) is 0.600. The molecule has 1 aromatic rings. The Morgan fingerprint density at radius 1 is 1.47 bits per heavy atom. The fourth-order valence-electron chi connectivity index (χ4n) is 1.55. The number of aromatic nitrogens is 2. The number of alkyl halides is 3. The monoisotopic (exact) mass is 246 g/mol. The zero-order chi connectivity index (χ0) is 12.8. The molecule has 0 radical (unpaired) electrons. The van der Waals surface area contributed by atoms with Crippen LogP contribution in [0.1, 0.15) is 25.8 Å². The van der Waals surface area contributed by atoms with E-state index in [1.165, 1.54) is 0 Å². The van der Waals surface area contributed by atoms with Crippen LogP contribution in [0.25, 0.3) is 0 Å². The number of nitrogens with one attached hydrogen (secondary N) is 1. The van der Waals surface area contributed by atoms with E-state index in [1.54, 1.807) is 0 Å². The molecule has 0 saturated heterocycles. The highest BCUT2D eigenvalue weighted by Gasteiger charge is 2.46. The number of hydrogen-bond donors (Lipinski definition) is 2. The molecule has 0 aliphatic heterocycles. The largest absolute Gasteiger partial charge is 0.421 e. The Kier molecular flexibility index (Phi) is 2.44. The fourth-order valence-corrected chi connectivity index (χ4v) is 1.55. The summed E-state index contributed by atoms with van der Waals surface area (Å²) in [7, 11) is 0. The second-order valence-electron chi connectivity index (χ2n) is 4.88. The third kappa shape index (κ3) is 2.42. The van der Waals surface area contributed by atoms with Crippen molar-refractivity contribution in [1.29, 1.82) is 0 Å². The molecule has 1 saturated carbocycles. The molecule has 0 aromatic carbocycles. The molecule has 0 amide bonds. The number of nitrogen functional groups attached to an aromatic ring is 1. The maximum Gasteiger partial charge on any atom is 0.421 e. The van der Waals surface area contributed by atoms with Crippen LogP contribution >= 0.6 is 0 Å². The highest BCUT2D eigenvalue weighted by Crippen LogP contribution is 2.46. The molecule has 7 heteroatoms. The van der Waals surface area contributed by atoms with Gasteiger partial charge in [0.25, 0.3) is 0 Å². The van der Waals surface area contributed by atoms with Crippen molar-refractivity contribution >= 4 is 11.8 Å². The lowest BCUT2D eigenvalue weighted by Crippen LogP contribution is -2.15. The maximum atomic E-state index is 12.4. The van der Waals surface area contributed by atoms with E-state index in [0.717, 1.165) is 6.42 Å². The smallest absolute Gasteiger partial charge is 0.383 e. The molecular formula is C10H13F3N4. The van der Waals surface area contributed by atoms with Crippen LogP contribution < -0.4 is 11.1 Å². The van der Waals surface area contributed by atoms with Crippen LogP contribution in [0, 0.1) is 5.41 Å². The molecule has 1 unspecified atom stereocenters. The van der Waals surface area contributed by atoms with Crippen molar-refractivity contribution in [2.75, 3.05) is 11.1 Å². The van der Waals surface area contributed by atoms with Crippen molar-refractivity contribution < 1.29 is 13.2 Å². The third-order valence-corrected chi connectivity index (χ3v) is 2.94. The zero-order valence-electron chi connectivity index (χ0n) is 9.47. The number of nitrogens with zero attached hydrogens (tertiary/aromatic N) is 2. The molecule has 94 valence electrons. The maximum absolute atomic E-state index is 12.4. The van der Waals surface area contributed by atoms with Crippen LogP contribution in [0.3, 0.4) is 0 Å². The first-order valence-corrected chi connectivity index (χ1v) is 5.16. The zero-order valence-corrected chi connectivity index (χ0v) is 9.47. The van der Waals surface area contributed by atoms with E-state index >= 15 is 0 Å². The molecule has 1 fully saturated rings. The Hall–Kier alpha value is -1.53. The highest BCUT2D eigenvalue weighted by atomic mass is 19.4. The van der Waals surface area contributed by atoms with Crippen molar-refractivity contribution in [1.82, 2.24) is 9.97 Å². The number of halogens is 3. The summed E-state index contributed by atoms with van der Waals surface area (Å²) in [5.74, 6) is -0.403. The molecule has 3 N–H and O–H groups in total. The van der Waals surface area contributed by atoms with Gasteiger partial charge in [-0.2, -0.15) is 18.2 Å². The first-order valence-electron chi connectivity index (χ1n) is 5.16. The predicted molar refractivity (Wildman–Crippen MR) is 57.3 cm³/mol. The van der Waals surface area contributed by atoms with Crippen LogP contribution in [-0.2, 0) is 6.18 Å². The van der Waals surface area contributed by atoms with Gasteiger partial charge in [0, 0.05) is 12.2 Å². The lowest BCUT2D eigenvalue weighted by atomic mass is 10.2. The van der Waals surface area contributed by atoms with Gasteiger partial charge < -0.3 is 11.1 Å². The number of nitrogens with two attached hydrogens (primary N) is 1. The molecule has 2 rings (SSSR count). The van der Waals surface area contributed by atoms with Crippen LogP contribution in [0.2, 0.25) is 0 Å². The van der Waals surface area contributed by atoms with E-state index in [1.807, 2.05) is 0 Å². The molecule has 1 aliphatic carbocycles. The summed E-state index contributed by atoms with van der Waals surface area (Å²) >= 11 is 0. The van der Waals surface area contributed by atoms with Gasteiger partial charge in [-0.25, -0.2) is 4.98 Å². The van der Waals surface area contributed by atoms with Crippen molar-refractivity contribution in [3.8, 4) is 0 Å². The van der Waals surface area contributed by atoms with E-state index in [-0.39, 0.29) is 17.4 Å². The standard InChI is InChI=1S/C10H13F3N4/c1-9(2)3-6(9)16-8-15-4-5(7(14)17-8)10(11,12)13/h4,6H,3H2,1-2H3,(H3,14,15,16,17). The second-order valence-corrected chi connectivity index (χ2v) is 4.88. The Labute approximate surface area is 96.4 Å². The van der Waals surface area contributed by atoms with Crippen LogP contribution in [-0.4, -0.2) is 16.0 Å². The molecule has 1 heterocycles. The van der Waals surface area contributed by atoms with Gasteiger partial charge in [-0.15, -0.1) is 0 Å². The second kappa shape index (κ2) is 3.48. The van der Waals surface area contributed by atoms with Crippen LogP contribution in [0.4, 0.5) is 24.9 Å². The van der Waals surface area contributed by atoms with Gasteiger partial charge in [0.1, 0.15) is 11.4 Å². The van der Waals surface area contributed by atoms with E-state index in [4.69, 9.17) is 5.73 Å². The Morgan fingerprint density at radius 3 is 2.47 bits per heavy atom. The predicted octanol–water partition coefficient (Wildman–Crippen LogP) is 2.29. The summed E-state index contributed by atoms with van der Waals surface area (Å²) < 4.78 is 37.2. The molecule has 0 spiro atoms. The van der Waals surface area contributed by atoms with Gasteiger partial charge in [0.05, 0.1) is 0 Å². The van der Waals surface area contributed by atoms with E-state index in [0.29, 0.717) is 6.20 Å². The minimum atomic E-state index is -4.51. The van der Waals surface area contributed by atoms with Gasteiger partial charge >= 0.3 is 6.18 Å². The lowest BCUT2D eigenvalue weighted by Gasteiger charge is -2.11. The summed E-state index contributed by atoms with van der Waals surface area (Å²) in [6, 6.07) is 0.193. The molecule has 4 nitrogen and oxygen atoms in total. The molecule has 17 heavy (non-hydrogen) atoms. The van der Waals surface area contributed by atoms with Gasteiger partial charge in [-0.05, 0) is 11.8 Å². The lowest BCUT2D eigenvalue weighted by molar-refractivity contribution is -0.137. The third-order valence-electron chi connectivity index (χ3n) is 2.94. The number of hydrogen-bond acceptors (Lipinski definition) is 4. The van der Waals surface area contributed by atoms with Crippen molar-refractivity contribution in [2.24, 2.45) is 5.41 Å². The summed E-state index contributed by atoms with van der Waals surface area (Å²) in [4.78, 5) is 7.25. The Balaban J connectivity index is 2.15. The normalized spacial score (nSPS) is 22.3. The summed E-state index contributed by atoms with van der Waals surface area (Å²) in [5, 5.41) is 2.96. The van der Waals surface area contributed by atoms with Crippen molar-refractivity contribution in [3.05, 3.63) is 11.8 Å². The number of anilines is 2. The average molecular weight is 246 g/mol. The van der Waals surface area contributed by atoms with E-state index < -0.39 is 17.6 Å². The first kappa shape index (κ1) is 11.9. The van der Waals surface area contributed by atoms with Gasteiger partial charge in [0.2, 0.25) is 5.95 Å². The molecular weight excluding hydrogens is 233 g/mol. The average Bonchev–Trinajstić information content (AvgIpc) is 2.71. The molecule has 1 aromatic heterocycles.